The van der Waals surface area contributed by atoms with Crippen LogP contribution >= 0.6 is 0 Å². The molecule has 0 aromatic carbocycles. The zero-order valence-electron chi connectivity index (χ0n) is 5.17. The molecule has 0 aliphatic heterocycles. The van der Waals surface area contributed by atoms with Gasteiger partial charge in [-0.2, -0.15) is 0 Å². The van der Waals surface area contributed by atoms with E-state index in [4.69, 9.17) is 6.58 Å². The van der Waals surface area contributed by atoms with Gasteiger partial charge in [-0.15, -0.1) is 0 Å². The molecule has 0 saturated heterocycles. The van der Waals surface area contributed by atoms with Crippen LogP contribution in [0.15, 0.2) is 18.2 Å². The molecule has 0 spiro atoms. The van der Waals surface area contributed by atoms with Crippen LogP contribution in [-0.2, 0) is 65.4 Å². The zero-order chi connectivity index (χ0) is 4.83. The van der Waals surface area contributed by atoms with Gasteiger partial charge in [0.25, 0.3) is 0 Å². The fraction of sp³-hybridized carbons (Fsp3) is 0.333. The first-order valence-electron chi connectivity index (χ1n) is 2.06. The fourth-order valence-electron chi connectivity index (χ4n) is 0.215. The summed E-state index contributed by atoms with van der Waals surface area (Å²) in [5.74, 6) is 0. The smallest absolute Gasteiger partial charge is 0 e. The molecule has 0 aromatic rings. The van der Waals surface area contributed by atoms with Crippen molar-refractivity contribution in [2.75, 3.05) is 0 Å². The molecule has 0 aromatic heterocycles. The second-order valence-electron chi connectivity index (χ2n) is 1.04. The van der Waals surface area contributed by atoms with Crippen molar-refractivity contribution in [1.29, 1.82) is 0 Å². The summed E-state index contributed by atoms with van der Waals surface area (Å²) in [6.07, 6.45) is 6.49. The summed E-state index contributed by atoms with van der Waals surface area (Å²) in [5.41, 5.74) is 0. The molecule has 0 atom stereocenters. The summed E-state index contributed by atoms with van der Waals surface area (Å²) in [7, 11) is 0. The number of hydrogen-bond acceptors (Lipinski definition) is 0. The first-order chi connectivity index (χ1) is 2.91. The predicted molar refractivity (Wildman–Crippen MR) is 28.3 cm³/mol. The first kappa shape index (κ1) is 16.3. The van der Waals surface area contributed by atoms with E-state index < -0.39 is 0 Å². The zero-order valence-corrected chi connectivity index (χ0v) is 10.8. The molecule has 0 amide bonds. The van der Waals surface area contributed by atoms with Crippen molar-refractivity contribution in [3.8, 4) is 0 Å². The number of allylic oxidation sites excluding steroid dienone is 3. The maximum atomic E-state index is 5.04. The molecule has 0 nitrogen and oxygen atoms in total. The summed E-state index contributed by atoms with van der Waals surface area (Å²) in [4.78, 5) is 0. The third-order valence-corrected chi connectivity index (χ3v) is 0.508. The molecule has 0 rings (SSSR count). The maximum absolute atomic E-state index is 5.04. The molecule has 0 saturated carbocycles. The first-order valence-corrected chi connectivity index (χ1v) is 2.06. The normalized spacial score (nSPS) is 7.12. The van der Waals surface area contributed by atoms with Gasteiger partial charge >= 0.3 is 0 Å². The van der Waals surface area contributed by atoms with Crippen molar-refractivity contribution in [2.24, 2.45) is 0 Å². The quantitative estimate of drug-likeness (QED) is 0.525. The Bertz CT molecular complexity index is 57.5. The summed E-state index contributed by atoms with van der Waals surface area (Å²) < 4.78 is 0. The maximum Gasteiger partial charge on any atom is 0 e. The van der Waals surface area contributed by atoms with E-state index in [2.05, 4.69) is 0 Å². The molecule has 0 fully saturated rings. The summed E-state index contributed by atoms with van der Waals surface area (Å²) in [6.45, 7) is 7.01. The van der Waals surface area contributed by atoms with Crippen LogP contribution in [0.2, 0.25) is 0 Å². The molecular weight excluding hydrogens is 250 g/mol. The molecule has 0 N–H and O–H groups in total. The van der Waals surface area contributed by atoms with Crippen molar-refractivity contribution in [3.63, 3.8) is 0 Å². The van der Waals surface area contributed by atoms with Crippen LogP contribution in [0.4, 0.5) is 0 Å². The summed E-state index contributed by atoms with van der Waals surface area (Å²) in [5, 5.41) is 0. The van der Waals surface area contributed by atoms with E-state index in [0.29, 0.717) is 0 Å². The van der Waals surface area contributed by atoms with E-state index >= 15 is 0 Å². The minimum atomic E-state index is 0. The van der Waals surface area contributed by atoms with Gasteiger partial charge in [-0.3, -0.25) is 6.08 Å². The minimum absolute atomic E-state index is 0. The Balaban J connectivity index is -0.000000125. The second-order valence-corrected chi connectivity index (χ2v) is 1.04. The van der Waals surface area contributed by atoms with Gasteiger partial charge in [-0.25, -0.2) is 0 Å². The Morgan fingerprint density at radius 3 is 2.00 bits per heavy atom. The standard InChI is InChI=1S/C6H9.2Y/c1-3-5-6-4-2;;/h1,3-4,6H,5H2,2H3;;/q-1;;/b6-4+;;. The van der Waals surface area contributed by atoms with Gasteiger partial charge < -0.3 is 6.58 Å². The third kappa shape index (κ3) is 15.6. The molecule has 0 bridgehead atoms. The molecular formula is C6H9Y2-. The molecule has 2 radical (unpaired) electrons. The largest absolute Gasteiger partial charge is 0.518 e. The monoisotopic (exact) mass is 259 g/mol. The van der Waals surface area contributed by atoms with Crippen LogP contribution in [0.3, 0.4) is 0 Å². The number of rotatable bonds is 2. The SMILES string of the molecule is [CH-]=CC/C=C/C.[Y].[Y]. The van der Waals surface area contributed by atoms with Gasteiger partial charge in [0.1, 0.15) is 0 Å². The van der Waals surface area contributed by atoms with E-state index in [1.807, 2.05) is 19.1 Å². The molecule has 0 aliphatic carbocycles. The van der Waals surface area contributed by atoms with Crippen molar-refractivity contribution in [3.05, 3.63) is 24.8 Å². The van der Waals surface area contributed by atoms with Crippen LogP contribution in [0.5, 0.6) is 0 Å². The van der Waals surface area contributed by atoms with E-state index in [-0.39, 0.29) is 65.4 Å². The number of hydrogen-bond donors (Lipinski definition) is 0. The van der Waals surface area contributed by atoms with Crippen molar-refractivity contribution in [2.45, 2.75) is 13.3 Å². The van der Waals surface area contributed by atoms with Crippen molar-refractivity contribution < 1.29 is 65.4 Å². The molecule has 40 valence electrons. The van der Waals surface area contributed by atoms with Crippen LogP contribution in [0.1, 0.15) is 13.3 Å². The average Bonchev–Trinajstić information content (AvgIpc) is 1.61. The van der Waals surface area contributed by atoms with Crippen LogP contribution < -0.4 is 0 Å². The van der Waals surface area contributed by atoms with Crippen LogP contribution in [0.25, 0.3) is 0 Å². The molecule has 0 aliphatic rings. The topological polar surface area (TPSA) is 0 Å². The van der Waals surface area contributed by atoms with E-state index in [9.17, 15) is 0 Å². The van der Waals surface area contributed by atoms with Gasteiger partial charge in [0.2, 0.25) is 0 Å². The second kappa shape index (κ2) is 15.9. The van der Waals surface area contributed by atoms with Crippen molar-refractivity contribution >= 4 is 0 Å². The van der Waals surface area contributed by atoms with Gasteiger partial charge in [0.15, 0.2) is 0 Å². The summed E-state index contributed by atoms with van der Waals surface area (Å²) >= 11 is 0. The Morgan fingerprint density at radius 1 is 1.38 bits per heavy atom. The Morgan fingerprint density at radius 2 is 1.88 bits per heavy atom. The van der Waals surface area contributed by atoms with E-state index in [1.54, 1.807) is 6.08 Å². The Hall–Kier alpha value is 1.69. The van der Waals surface area contributed by atoms with Gasteiger partial charge in [0.05, 0.1) is 0 Å². The summed E-state index contributed by atoms with van der Waals surface area (Å²) in [6, 6.07) is 0. The van der Waals surface area contributed by atoms with E-state index in [0.717, 1.165) is 6.42 Å². The minimum Gasteiger partial charge on any atom is -0.518 e. The van der Waals surface area contributed by atoms with Gasteiger partial charge in [0, 0.05) is 65.4 Å². The fourth-order valence-corrected chi connectivity index (χ4v) is 0.215. The van der Waals surface area contributed by atoms with Gasteiger partial charge in [-0.1, -0.05) is 12.2 Å². The average molecular weight is 259 g/mol. The van der Waals surface area contributed by atoms with Crippen LogP contribution in [-0.4, -0.2) is 0 Å². The molecule has 8 heavy (non-hydrogen) atoms. The predicted octanol–water partition coefficient (Wildman–Crippen LogP) is 1.94. The third-order valence-electron chi connectivity index (χ3n) is 0.508. The van der Waals surface area contributed by atoms with E-state index in [1.165, 1.54) is 0 Å². The molecule has 0 unspecified atom stereocenters. The molecule has 0 heterocycles. The molecule has 2 heteroatoms. The Kier molecular flexibility index (Phi) is 32.4. The van der Waals surface area contributed by atoms with Crippen molar-refractivity contribution in [1.82, 2.24) is 0 Å². The Labute approximate surface area is 102 Å². The van der Waals surface area contributed by atoms with Gasteiger partial charge in [-0.05, 0) is 13.3 Å². The van der Waals surface area contributed by atoms with Crippen LogP contribution in [0, 0.1) is 6.58 Å².